The van der Waals surface area contributed by atoms with E-state index in [1.54, 1.807) is 11.3 Å². The van der Waals surface area contributed by atoms with Gasteiger partial charge in [-0.1, -0.05) is 0 Å². The Bertz CT molecular complexity index is 474. The molecule has 130 valence electrons. The summed E-state index contributed by atoms with van der Waals surface area (Å²) >= 11 is 1.77. The summed E-state index contributed by atoms with van der Waals surface area (Å²) in [4.78, 5) is 9.82. The third-order valence-electron chi connectivity index (χ3n) is 5.07. The Morgan fingerprint density at radius 1 is 1.17 bits per heavy atom. The average molecular weight is 338 g/mol. The van der Waals surface area contributed by atoms with Crippen LogP contribution in [0, 0.1) is 12.8 Å². The number of hydrogen-bond acceptors (Lipinski definition) is 5. The molecule has 0 radical (unpaired) electrons. The molecule has 0 amide bonds. The largest absolute Gasteiger partial charge is 0.373 e. The van der Waals surface area contributed by atoms with E-state index >= 15 is 0 Å². The highest BCUT2D eigenvalue weighted by atomic mass is 32.1. The Morgan fingerprint density at radius 2 is 1.87 bits per heavy atom. The molecule has 2 aliphatic heterocycles. The lowest BCUT2D eigenvalue weighted by atomic mass is 9.95. The molecule has 5 heteroatoms. The van der Waals surface area contributed by atoms with Crippen molar-refractivity contribution in [1.29, 1.82) is 0 Å². The van der Waals surface area contributed by atoms with Crippen LogP contribution in [0.3, 0.4) is 0 Å². The monoisotopic (exact) mass is 337 g/mol. The van der Waals surface area contributed by atoms with Crippen LogP contribution in [-0.4, -0.2) is 66.3 Å². The molecule has 23 heavy (non-hydrogen) atoms. The van der Waals surface area contributed by atoms with Crippen LogP contribution in [0.5, 0.6) is 0 Å². The predicted octanol–water partition coefficient (Wildman–Crippen LogP) is 2.82. The van der Waals surface area contributed by atoms with E-state index < -0.39 is 0 Å². The number of aryl methyl sites for hydroxylation is 1. The molecule has 1 aromatic rings. The lowest BCUT2D eigenvalue weighted by Gasteiger charge is -2.39. The minimum Gasteiger partial charge on any atom is -0.373 e. The van der Waals surface area contributed by atoms with Crippen molar-refractivity contribution in [2.45, 2.75) is 52.2 Å². The number of thiazole rings is 1. The first-order valence-electron chi connectivity index (χ1n) is 9.09. The SMILES string of the molecule is Cc1nc(CCN2CCC(CN3C[C@H](C)O[C@@H](C)C3)CC2)cs1. The second kappa shape index (κ2) is 8.06. The zero-order valence-electron chi connectivity index (χ0n) is 14.8. The van der Waals surface area contributed by atoms with Gasteiger partial charge < -0.3 is 9.64 Å². The van der Waals surface area contributed by atoms with Gasteiger partial charge in [-0.05, 0) is 52.6 Å². The fourth-order valence-corrected chi connectivity index (χ4v) is 4.63. The van der Waals surface area contributed by atoms with Gasteiger partial charge >= 0.3 is 0 Å². The number of hydrogen-bond donors (Lipinski definition) is 0. The highest BCUT2D eigenvalue weighted by molar-refractivity contribution is 7.09. The molecular weight excluding hydrogens is 306 g/mol. The van der Waals surface area contributed by atoms with Crippen molar-refractivity contribution in [3.05, 3.63) is 16.1 Å². The first-order chi connectivity index (χ1) is 11.1. The maximum atomic E-state index is 5.84. The number of morpholine rings is 1. The minimum absolute atomic E-state index is 0.389. The highest BCUT2D eigenvalue weighted by Crippen LogP contribution is 2.21. The molecule has 2 saturated heterocycles. The zero-order valence-corrected chi connectivity index (χ0v) is 15.6. The molecule has 0 aliphatic carbocycles. The van der Waals surface area contributed by atoms with E-state index in [0.29, 0.717) is 12.2 Å². The first-order valence-corrected chi connectivity index (χ1v) is 9.97. The fourth-order valence-electron chi connectivity index (χ4n) is 3.99. The molecule has 0 N–H and O–H groups in total. The van der Waals surface area contributed by atoms with Gasteiger partial charge in [0, 0.05) is 38.0 Å². The minimum atomic E-state index is 0.389. The molecule has 0 bridgehead atoms. The quantitative estimate of drug-likeness (QED) is 0.826. The molecular formula is C18H31N3OS. The van der Waals surface area contributed by atoms with Gasteiger partial charge in [-0.25, -0.2) is 4.98 Å². The Labute approximate surface area is 144 Å². The molecule has 2 fully saturated rings. The summed E-state index contributed by atoms with van der Waals surface area (Å²) in [5, 5.41) is 3.40. The van der Waals surface area contributed by atoms with Crippen LogP contribution in [0.25, 0.3) is 0 Å². The van der Waals surface area contributed by atoms with Gasteiger partial charge in [0.15, 0.2) is 0 Å². The Kier molecular flexibility index (Phi) is 6.07. The first kappa shape index (κ1) is 17.3. The van der Waals surface area contributed by atoms with Crippen LogP contribution < -0.4 is 0 Å². The lowest BCUT2D eigenvalue weighted by molar-refractivity contribution is -0.0731. The third kappa shape index (κ3) is 5.24. The molecule has 2 atom stereocenters. The van der Waals surface area contributed by atoms with Crippen LogP contribution >= 0.6 is 11.3 Å². The molecule has 1 aromatic heterocycles. The van der Waals surface area contributed by atoms with E-state index in [2.05, 4.69) is 40.9 Å². The van der Waals surface area contributed by atoms with Crippen LogP contribution in [0.1, 0.15) is 37.4 Å². The number of likely N-dealkylation sites (tertiary alicyclic amines) is 1. The Balaban J connectivity index is 1.36. The average Bonchev–Trinajstić information content (AvgIpc) is 2.91. The van der Waals surface area contributed by atoms with Crippen molar-refractivity contribution in [1.82, 2.24) is 14.8 Å². The summed E-state index contributed by atoms with van der Waals surface area (Å²) in [7, 11) is 0. The molecule has 0 saturated carbocycles. The topological polar surface area (TPSA) is 28.6 Å². The van der Waals surface area contributed by atoms with E-state index in [1.165, 1.54) is 49.7 Å². The lowest BCUT2D eigenvalue weighted by Crippen LogP contribution is -2.48. The smallest absolute Gasteiger partial charge is 0.0897 e. The van der Waals surface area contributed by atoms with Crippen LogP contribution in [-0.2, 0) is 11.2 Å². The molecule has 2 aliphatic rings. The van der Waals surface area contributed by atoms with E-state index in [1.807, 2.05) is 0 Å². The van der Waals surface area contributed by atoms with E-state index in [9.17, 15) is 0 Å². The molecule has 0 spiro atoms. The van der Waals surface area contributed by atoms with E-state index in [-0.39, 0.29) is 0 Å². The maximum absolute atomic E-state index is 5.84. The van der Waals surface area contributed by atoms with Crippen molar-refractivity contribution < 1.29 is 4.74 Å². The van der Waals surface area contributed by atoms with Gasteiger partial charge in [0.05, 0.1) is 22.9 Å². The second-order valence-corrected chi connectivity index (χ2v) is 8.43. The standard InChI is InChI=1S/C18H31N3OS/c1-14-10-21(11-15(2)22-14)12-17-4-7-20(8-5-17)9-6-18-13-23-16(3)19-18/h13-15,17H,4-12H2,1-3H3/t14-,15-/m0/s1. The number of ether oxygens (including phenoxy) is 1. The van der Waals surface area contributed by atoms with Crippen molar-refractivity contribution in [2.24, 2.45) is 5.92 Å². The zero-order chi connectivity index (χ0) is 16.2. The predicted molar refractivity (Wildman–Crippen MR) is 96.2 cm³/mol. The normalized spacial score (nSPS) is 28.3. The fraction of sp³-hybridized carbons (Fsp3) is 0.833. The number of piperidine rings is 1. The summed E-state index contributed by atoms with van der Waals surface area (Å²) in [5.74, 6) is 0.866. The summed E-state index contributed by atoms with van der Waals surface area (Å²) < 4.78 is 5.84. The van der Waals surface area contributed by atoms with Crippen molar-refractivity contribution in [3.63, 3.8) is 0 Å². The van der Waals surface area contributed by atoms with Gasteiger partial charge in [0.1, 0.15) is 0 Å². The van der Waals surface area contributed by atoms with Gasteiger partial charge in [0.2, 0.25) is 0 Å². The highest BCUT2D eigenvalue weighted by Gasteiger charge is 2.26. The van der Waals surface area contributed by atoms with Crippen molar-refractivity contribution >= 4 is 11.3 Å². The van der Waals surface area contributed by atoms with Crippen molar-refractivity contribution in [2.75, 3.05) is 39.3 Å². The van der Waals surface area contributed by atoms with Gasteiger partial charge in [-0.15, -0.1) is 11.3 Å². The van der Waals surface area contributed by atoms with Crippen LogP contribution in [0.15, 0.2) is 5.38 Å². The Hall–Kier alpha value is -0.490. The number of nitrogens with zero attached hydrogens (tertiary/aromatic N) is 3. The molecule has 3 heterocycles. The summed E-state index contributed by atoms with van der Waals surface area (Å²) in [5.41, 5.74) is 1.27. The molecule has 3 rings (SSSR count). The van der Waals surface area contributed by atoms with E-state index in [4.69, 9.17) is 4.74 Å². The molecule has 4 nitrogen and oxygen atoms in total. The van der Waals surface area contributed by atoms with E-state index in [0.717, 1.165) is 25.4 Å². The number of aromatic nitrogens is 1. The number of rotatable bonds is 5. The maximum Gasteiger partial charge on any atom is 0.0897 e. The molecule has 0 unspecified atom stereocenters. The summed E-state index contributed by atoms with van der Waals surface area (Å²) in [6.07, 6.45) is 4.57. The second-order valence-electron chi connectivity index (χ2n) is 7.37. The summed E-state index contributed by atoms with van der Waals surface area (Å²) in [6, 6.07) is 0. The third-order valence-corrected chi connectivity index (χ3v) is 5.89. The van der Waals surface area contributed by atoms with Gasteiger partial charge in [-0.3, -0.25) is 4.90 Å². The van der Waals surface area contributed by atoms with Crippen LogP contribution in [0.2, 0.25) is 0 Å². The van der Waals surface area contributed by atoms with Gasteiger partial charge in [0.25, 0.3) is 0 Å². The molecule has 0 aromatic carbocycles. The summed E-state index contributed by atoms with van der Waals surface area (Å²) in [6.45, 7) is 13.6. The Morgan fingerprint density at radius 3 is 2.48 bits per heavy atom. The van der Waals surface area contributed by atoms with Crippen molar-refractivity contribution in [3.8, 4) is 0 Å². The van der Waals surface area contributed by atoms with Gasteiger partial charge in [-0.2, -0.15) is 0 Å². The van der Waals surface area contributed by atoms with Crippen LogP contribution in [0.4, 0.5) is 0 Å².